The van der Waals surface area contributed by atoms with Crippen molar-refractivity contribution < 1.29 is 10.0 Å². The number of nitrogens with one attached hydrogen (secondary N) is 1. The molecule has 4 heteroatoms. The summed E-state index contributed by atoms with van der Waals surface area (Å²) in [5.41, 5.74) is 4.00. The summed E-state index contributed by atoms with van der Waals surface area (Å²) in [5, 5.41) is 8.60. The van der Waals surface area contributed by atoms with Gasteiger partial charge in [-0.1, -0.05) is 12.1 Å². The Morgan fingerprint density at radius 3 is 3.00 bits per heavy atom. The molecule has 15 heavy (non-hydrogen) atoms. The van der Waals surface area contributed by atoms with E-state index in [1.807, 2.05) is 24.3 Å². The van der Waals surface area contributed by atoms with Crippen LogP contribution in [-0.2, 0) is 11.3 Å². The molecule has 1 heterocycles. The molecule has 1 saturated heterocycles. The van der Waals surface area contributed by atoms with Crippen LogP contribution < -0.4 is 10.4 Å². The average molecular weight is 206 g/mol. The average Bonchev–Trinajstić information content (AvgIpc) is 2.65. The molecule has 0 radical (unpaired) electrons. The number of carbonyl (C=O) groups is 1. The van der Waals surface area contributed by atoms with Gasteiger partial charge in [0.2, 0.25) is 5.91 Å². The SMILES string of the molecule is O=C1CCCN1c1cccc(CNO)c1. The first-order chi connectivity index (χ1) is 7.31. The Kier molecular flexibility index (Phi) is 2.99. The zero-order valence-corrected chi connectivity index (χ0v) is 8.44. The molecule has 0 atom stereocenters. The van der Waals surface area contributed by atoms with Crippen molar-refractivity contribution in [3.05, 3.63) is 29.8 Å². The summed E-state index contributed by atoms with van der Waals surface area (Å²) in [7, 11) is 0. The van der Waals surface area contributed by atoms with Gasteiger partial charge in [0.1, 0.15) is 0 Å². The summed E-state index contributed by atoms with van der Waals surface area (Å²) in [4.78, 5) is 13.3. The van der Waals surface area contributed by atoms with E-state index in [0.717, 1.165) is 24.2 Å². The van der Waals surface area contributed by atoms with Gasteiger partial charge in [-0.3, -0.25) is 4.79 Å². The second-order valence-corrected chi connectivity index (χ2v) is 3.65. The molecule has 2 rings (SSSR count). The standard InChI is InChI=1S/C11H14N2O2/c14-11-5-2-6-13(11)10-4-1-3-9(7-10)8-12-15/h1,3-4,7,12,15H,2,5-6,8H2. The summed E-state index contributed by atoms with van der Waals surface area (Å²) < 4.78 is 0. The van der Waals surface area contributed by atoms with Crippen molar-refractivity contribution in [3.63, 3.8) is 0 Å². The summed E-state index contributed by atoms with van der Waals surface area (Å²) in [6.07, 6.45) is 1.57. The summed E-state index contributed by atoms with van der Waals surface area (Å²) in [6, 6.07) is 7.65. The van der Waals surface area contributed by atoms with E-state index in [2.05, 4.69) is 5.48 Å². The molecular weight excluding hydrogens is 192 g/mol. The lowest BCUT2D eigenvalue weighted by Crippen LogP contribution is -2.23. The minimum Gasteiger partial charge on any atom is -0.316 e. The summed E-state index contributed by atoms with van der Waals surface area (Å²) in [6.45, 7) is 1.20. The molecule has 0 bridgehead atoms. The van der Waals surface area contributed by atoms with E-state index in [0.29, 0.717) is 13.0 Å². The van der Waals surface area contributed by atoms with Gasteiger partial charge in [0.15, 0.2) is 0 Å². The third-order valence-electron chi connectivity index (χ3n) is 2.58. The Labute approximate surface area is 88.5 Å². The largest absolute Gasteiger partial charge is 0.316 e. The molecule has 0 aliphatic carbocycles. The zero-order chi connectivity index (χ0) is 10.7. The Balaban J connectivity index is 2.20. The van der Waals surface area contributed by atoms with Crippen molar-refractivity contribution in [3.8, 4) is 0 Å². The first kappa shape index (κ1) is 10.1. The maximum atomic E-state index is 11.5. The molecule has 0 saturated carbocycles. The lowest BCUT2D eigenvalue weighted by molar-refractivity contribution is -0.117. The van der Waals surface area contributed by atoms with Crippen LogP contribution in [0.5, 0.6) is 0 Å². The highest BCUT2D eigenvalue weighted by molar-refractivity contribution is 5.95. The van der Waals surface area contributed by atoms with Crippen molar-refractivity contribution in [1.82, 2.24) is 5.48 Å². The number of anilines is 1. The van der Waals surface area contributed by atoms with Crippen molar-refractivity contribution in [2.45, 2.75) is 19.4 Å². The Morgan fingerprint density at radius 1 is 1.47 bits per heavy atom. The lowest BCUT2D eigenvalue weighted by atomic mass is 10.2. The van der Waals surface area contributed by atoms with Gasteiger partial charge in [0.05, 0.1) is 0 Å². The minimum atomic E-state index is 0.184. The van der Waals surface area contributed by atoms with Gasteiger partial charge in [0, 0.05) is 25.2 Å². The highest BCUT2D eigenvalue weighted by Gasteiger charge is 2.21. The van der Waals surface area contributed by atoms with Crippen LogP contribution in [0.15, 0.2) is 24.3 Å². The Morgan fingerprint density at radius 2 is 2.33 bits per heavy atom. The smallest absolute Gasteiger partial charge is 0.227 e. The van der Waals surface area contributed by atoms with Gasteiger partial charge < -0.3 is 10.1 Å². The monoisotopic (exact) mass is 206 g/mol. The number of hydrogen-bond donors (Lipinski definition) is 2. The summed E-state index contributed by atoms with van der Waals surface area (Å²) in [5.74, 6) is 0.184. The van der Waals surface area contributed by atoms with E-state index in [1.54, 1.807) is 4.90 Å². The first-order valence-electron chi connectivity index (χ1n) is 5.07. The molecule has 1 aliphatic heterocycles. The number of hydroxylamine groups is 1. The van der Waals surface area contributed by atoms with E-state index in [1.165, 1.54) is 0 Å². The zero-order valence-electron chi connectivity index (χ0n) is 8.44. The maximum absolute atomic E-state index is 11.5. The molecule has 80 valence electrons. The Bertz CT molecular complexity index is 365. The second-order valence-electron chi connectivity index (χ2n) is 3.65. The van der Waals surface area contributed by atoms with Crippen LogP contribution in [0.1, 0.15) is 18.4 Å². The number of amides is 1. The van der Waals surface area contributed by atoms with Crippen LogP contribution in [-0.4, -0.2) is 17.7 Å². The van der Waals surface area contributed by atoms with Crippen LogP contribution in [0.25, 0.3) is 0 Å². The predicted molar refractivity (Wildman–Crippen MR) is 56.7 cm³/mol. The third-order valence-corrected chi connectivity index (χ3v) is 2.58. The van der Waals surface area contributed by atoms with Crippen molar-refractivity contribution in [2.75, 3.05) is 11.4 Å². The molecule has 2 N–H and O–H groups in total. The third kappa shape index (κ3) is 2.16. The van der Waals surface area contributed by atoms with Crippen LogP contribution >= 0.6 is 0 Å². The van der Waals surface area contributed by atoms with Crippen molar-refractivity contribution in [2.24, 2.45) is 0 Å². The minimum absolute atomic E-state index is 0.184. The molecule has 1 amide bonds. The number of carbonyl (C=O) groups excluding carboxylic acids is 1. The second kappa shape index (κ2) is 4.42. The topological polar surface area (TPSA) is 52.6 Å². The van der Waals surface area contributed by atoms with E-state index < -0.39 is 0 Å². The molecule has 0 unspecified atom stereocenters. The number of benzene rings is 1. The highest BCUT2D eigenvalue weighted by atomic mass is 16.5. The molecule has 1 aliphatic rings. The van der Waals surface area contributed by atoms with Crippen molar-refractivity contribution in [1.29, 1.82) is 0 Å². The van der Waals surface area contributed by atoms with Crippen molar-refractivity contribution >= 4 is 11.6 Å². The first-order valence-corrected chi connectivity index (χ1v) is 5.07. The van der Waals surface area contributed by atoms with E-state index >= 15 is 0 Å². The molecule has 1 aromatic carbocycles. The van der Waals surface area contributed by atoms with Gasteiger partial charge in [0.25, 0.3) is 0 Å². The quantitative estimate of drug-likeness (QED) is 0.733. The predicted octanol–water partition coefficient (Wildman–Crippen LogP) is 1.29. The van der Waals surface area contributed by atoms with E-state index in [9.17, 15) is 4.79 Å². The number of hydrogen-bond acceptors (Lipinski definition) is 3. The fraction of sp³-hybridized carbons (Fsp3) is 0.364. The van der Waals surface area contributed by atoms with E-state index in [-0.39, 0.29) is 5.91 Å². The van der Waals surface area contributed by atoms with Crippen LogP contribution in [0.2, 0.25) is 0 Å². The molecular formula is C11H14N2O2. The van der Waals surface area contributed by atoms with Gasteiger partial charge >= 0.3 is 0 Å². The van der Waals surface area contributed by atoms with E-state index in [4.69, 9.17) is 5.21 Å². The fourth-order valence-corrected chi connectivity index (χ4v) is 1.85. The van der Waals surface area contributed by atoms with Crippen LogP contribution in [0, 0.1) is 0 Å². The summed E-state index contributed by atoms with van der Waals surface area (Å²) >= 11 is 0. The molecule has 4 nitrogen and oxygen atoms in total. The lowest BCUT2D eigenvalue weighted by Gasteiger charge is -2.16. The molecule has 1 aromatic rings. The highest BCUT2D eigenvalue weighted by Crippen LogP contribution is 2.21. The van der Waals surface area contributed by atoms with Gasteiger partial charge in [-0.05, 0) is 24.1 Å². The van der Waals surface area contributed by atoms with Gasteiger partial charge in [-0.15, -0.1) is 0 Å². The molecule has 1 fully saturated rings. The van der Waals surface area contributed by atoms with Crippen LogP contribution in [0.4, 0.5) is 5.69 Å². The Hall–Kier alpha value is -1.39. The van der Waals surface area contributed by atoms with Crippen LogP contribution in [0.3, 0.4) is 0 Å². The fourth-order valence-electron chi connectivity index (χ4n) is 1.85. The normalized spacial score (nSPS) is 16.1. The number of rotatable bonds is 3. The van der Waals surface area contributed by atoms with Gasteiger partial charge in [-0.2, -0.15) is 0 Å². The van der Waals surface area contributed by atoms with Gasteiger partial charge in [-0.25, -0.2) is 5.48 Å². The number of nitrogens with zero attached hydrogens (tertiary/aromatic N) is 1. The molecule has 0 spiro atoms. The molecule has 0 aromatic heterocycles. The maximum Gasteiger partial charge on any atom is 0.227 e.